The van der Waals surface area contributed by atoms with E-state index in [1.807, 2.05) is 6.92 Å². The first-order chi connectivity index (χ1) is 9.52. The standard InChI is InChI=1S/C16H18O3S/c1-3-8-16(13-14(2)9-7-12-17)20(18,19)15-10-5-4-6-11-15/h1,4-6,10-13,16H,7-9H2,2H3/b14-13-. The van der Waals surface area contributed by atoms with E-state index in [9.17, 15) is 13.2 Å². The van der Waals surface area contributed by atoms with Gasteiger partial charge in [-0.05, 0) is 25.5 Å². The zero-order valence-corrected chi connectivity index (χ0v) is 12.3. The lowest BCUT2D eigenvalue weighted by molar-refractivity contribution is -0.107. The van der Waals surface area contributed by atoms with Gasteiger partial charge in [0.2, 0.25) is 0 Å². The summed E-state index contributed by atoms with van der Waals surface area (Å²) in [5.41, 5.74) is 0.858. The molecule has 106 valence electrons. The van der Waals surface area contributed by atoms with E-state index in [1.165, 1.54) is 0 Å². The van der Waals surface area contributed by atoms with Crippen LogP contribution in [0.1, 0.15) is 26.2 Å². The Kier molecular flexibility index (Phi) is 6.20. The van der Waals surface area contributed by atoms with Gasteiger partial charge in [-0.2, -0.15) is 0 Å². The van der Waals surface area contributed by atoms with E-state index in [2.05, 4.69) is 5.92 Å². The summed E-state index contributed by atoms with van der Waals surface area (Å²) in [7, 11) is -3.49. The Hall–Kier alpha value is -1.86. The fourth-order valence-electron chi connectivity index (χ4n) is 1.85. The smallest absolute Gasteiger partial charge is 0.185 e. The molecule has 0 aliphatic carbocycles. The second-order valence-corrected chi connectivity index (χ2v) is 6.69. The van der Waals surface area contributed by atoms with E-state index in [4.69, 9.17) is 6.42 Å². The highest BCUT2D eigenvalue weighted by Gasteiger charge is 2.24. The average molecular weight is 290 g/mol. The molecule has 0 aromatic heterocycles. The Morgan fingerprint density at radius 1 is 1.35 bits per heavy atom. The lowest BCUT2D eigenvalue weighted by Crippen LogP contribution is -2.19. The van der Waals surface area contributed by atoms with Crippen molar-refractivity contribution in [2.75, 3.05) is 0 Å². The van der Waals surface area contributed by atoms with Gasteiger partial charge in [-0.25, -0.2) is 8.42 Å². The van der Waals surface area contributed by atoms with E-state index in [0.29, 0.717) is 12.8 Å². The molecule has 0 amide bonds. The predicted octanol–water partition coefficient (Wildman–Crippen LogP) is 2.78. The summed E-state index contributed by atoms with van der Waals surface area (Å²) in [6.45, 7) is 1.81. The van der Waals surface area contributed by atoms with Crippen LogP contribution in [-0.4, -0.2) is 20.0 Å². The van der Waals surface area contributed by atoms with Crippen LogP contribution in [-0.2, 0) is 14.6 Å². The monoisotopic (exact) mass is 290 g/mol. The zero-order valence-electron chi connectivity index (χ0n) is 11.5. The third kappa shape index (κ3) is 4.36. The Balaban J connectivity index is 3.08. The zero-order chi connectivity index (χ0) is 15.0. The summed E-state index contributed by atoms with van der Waals surface area (Å²) in [6.07, 6.45) is 8.81. The molecule has 4 heteroatoms. The van der Waals surface area contributed by atoms with Gasteiger partial charge in [0.1, 0.15) is 6.29 Å². The normalized spacial score (nSPS) is 13.5. The summed E-state index contributed by atoms with van der Waals surface area (Å²) in [5, 5.41) is -0.749. The predicted molar refractivity (Wildman–Crippen MR) is 79.9 cm³/mol. The number of terminal acetylenes is 1. The number of aldehydes is 1. The van der Waals surface area contributed by atoms with Crippen molar-refractivity contribution in [3.8, 4) is 12.3 Å². The van der Waals surface area contributed by atoms with Crippen molar-refractivity contribution < 1.29 is 13.2 Å². The number of carbonyl (C=O) groups excluding carboxylic acids is 1. The van der Waals surface area contributed by atoms with Gasteiger partial charge >= 0.3 is 0 Å². The van der Waals surface area contributed by atoms with E-state index in [-0.39, 0.29) is 11.3 Å². The number of rotatable bonds is 7. The molecular formula is C16H18O3S. The Bertz CT molecular complexity index is 607. The molecule has 3 nitrogen and oxygen atoms in total. The van der Waals surface area contributed by atoms with Gasteiger partial charge in [0, 0.05) is 12.8 Å². The van der Waals surface area contributed by atoms with Gasteiger partial charge < -0.3 is 4.79 Å². The molecule has 1 aromatic carbocycles. The first kappa shape index (κ1) is 16.2. The Morgan fingerprint density at radius 2 is 2.00 bits per heavy atom. The molecule has 0 fully saturated rings. The second kappa shape index (κ2) is 7.66. The summed E-state index contributed by atoms with van der Waals surface area (Å²) < 4.78 is 25.0. The van der Waals surface area contributed by atoms with Crippen LogP contribution in [0.2, 0.25) is 0 Å². The first-order valence-corrected chi connectivity index (χ1v) is 7.90. The quantitative estimate of drug-likeness (QED) is 0.441. The minimum absolute atomic E-state index is 0.121. The largest absolute Gasteiger partial charge is 0.303 e. The molecule has 0 radical (unpaired) electrons. The van der Waals surface area contributed by atoms with Crippen LogP contribution in [0.5, 0.6) is 0 Å². The lowest BCUT2D eigenvalue weighted by atomic mass is 10.1. The fraction of sp³-hybridized carbons (Fsp3) is 0.312. The molecule has 0 spiro atoms. The van der Waals surface area contributed by atoms with Gasteiger partial charge in [-0.1, -0.05) is 29.8 Å². The number of hydrogen-bond donors (Lipinski definition) is 0. The average Bonchev–Trinajstić information content (AvgIpc) is 2.45. The second-order valence-electron chi connectivity index (χ2n) is 4.52. The molecule has 0 saturated carbocycles. The maximum atomic E-state index is 12.5. The summed E-state index contributed by atoms with van der Waals surface area (Å²) in [4.78, 5) is 10.6. The van der Waals surface area contributed by atoms with Crippen molar-refractivity contribution in [2.45, 2.75) is 36.3 Å². The molecule has 0 saturated heterocycles. The Morgan fingerprint density at radius 3 is 2.55 bits per heavy atom. The van der Waals surface area contributed by atoms with Crippen LogP contribution in [0, 0.1) is 12.3 Å². The highest BCUT2D eigenvalue weighted by molar-refractivity contribution is 7.92. The van der Waals surface area contributed by atoms with Gasteiger partial charge in [0.15, 0.2) is 9.84 Å². The van der Waals surface area contributed by atoms with Crippen molar-refractivity contribution >= 4 is 16.1 Å². The van der Waals surface area contributed by atoms with Gasteiger partial charge in [-0.3, -0.25) is 0 Å². The van der Waals surface area contributed by atoms with Gasteiger partial charge in [0.25, 0.3) is 0 Å². The minimum Gasteiger partial charge on any atom is -0.303 e. The molecule has 0 aliphatic heterocycles. The van der Waals surface area contributed by atoms with E-state index < -0.39 is 15.1 Å². The van der Waals surface area contributed by atoms with Crippen LogP contribution in [0.3, 0.4) is 0 Å². The van der Waals surface area contributed by atoms with E-state index in [1.54, 1.807) is 36.4 Å². The van der Waals surface area contributed by atoms with Crippen LogP contribution >= 0.6 is 0 Å². The highest BCUT2D eigenvalue weighted by Crippen LogP contribution is 2.21. The number of benzene rings is 1. The molecule has 1 rings (SSSR count). The maximum absolute atomic E-state index is 12.5. The summed E-state index contributed by atoms with van der Waals surface area (Å²) in [6, 6.07) is 8.26. The highest BCUT2D eigenvalue weighted by atomic mass is 32.2. The molecule has 1 atom stereocenters. The topological polar surface area (TPSA) is 51.2 Å². The summed E-state index contributed by atoms with van der Waals surface area (Å²) >= 11 is 0. The fourth-order valence-corrected chi connectivity index (χ4v) is 3.46. The van der Waals surface area contributed by atoms with Crippen molar-refractivity contribution in [1.29, 1.82) is 0 Å². The van der Waals surface area contributed by atoms with Gasteiger partial charge in [-0.15, -0.1) is 12.3 Å². The van der Waals surface area contributed by atoms with Crippen LogP contribution in [0.4, 0.5) is 0 Å². The molecule has 0 heterocycles. The maximum Gasteiger partial charge on any atom is 0.185 e. The number of hydrogen-bond acceptors (Lipinski definition) is 3. The molecule has 1 unspecified atom stereocenters. The first-order valence-electron chi connectivity index (χ1n) is 6.35. The molecule has 0 aliphatic rings. The Labute approximate surface area is 120 Å². The molecule has 0 bridgehead atoms. The van der Waals surface area contributed by atoms with Gasteiger partial charge in [0.05, 0.1) is 10.1 Å². The molecule has 1 aromatic rings. The van der Waals surface area contributed by atoms with E-state index >= 15 is 0 Å². The lowest BCUT2D eigenvalue weighted by Gasteiger charge is -2.13. The van der Waals surface area contributed by atoms with Crippen LogP contribution in [0.25, 0.3) is 0 Å². The molecular weight excluding hydrogens is 272 g/mol. The molecule has 0 N–H and O–H groups in total. The van der Waals surface area contributed by atoms with Crippen molar-refractivity contribution in [1.82, 2.24) is 0 Å². The van der Waals surface area contributed by atoms with Crippen molar-refractivity contribution in [3.63, 3.8) is 0 Å². The number of allylic oxidation sites excluding steroid dienone is 1. The van der Waals surface area contributed by atoms with Crippen LogP contribution in [0.15, 0.2) is 46.9 Å². The van der Waals surface area contributed by atoms with E-state index in [0.717, 1.165) is 11.9 Å². The number of sulfone groups is 1. The van der Waals surface area contributed by atoms with Crippen molar-refractivity contribution in [3.05, 3.63) is 42.0 Å². The van der Waals surface area contributed by atoms with Crippen LogP contribution < -0.4 is 0 Å². The van der Waals surface area contributed by atoms with Crippen molar-refractivity contribution in [2.24, 2.45) is 0 Å². The third-order valence-corrected chi connectivity index (χ3v) is 4.95. The SMILES string of the molecule is C#CCC(/C=C(/C)CCC=O)S(=O)(=O)c1ccccc1. The third-order valence-electron chi connectivity index (χ3n) is 2.92. The minimum atomic E-state index is -3.49. The molecule has 20 heavy (non-hydrogen) atoms. The number of carbonyl (C=O) groups is 1. The summed E-state index contributed by atoms with van der Waals surface area (Å²) in [5.74, 6) is 2.41.